The number of methoxy groups -OCH3 is 4. The quantitative estimate of drug-likeness (QED) is 0.00814. The monoisotopic (exact) mass is 1580 g/mol. The molecule has 29 nitrogen and oxygen atoms in total. The molecule has 0 spiro atoms. The van der Waals surface area contributed by atoms with Gasteiger partial charge in [0.05, 0.1) is 114 Å². The van der Waals surface area contributed by atoms with Crippen LogP contribution in [0.1, 0.15) is 90.7 Å². The predicted octanol–water partition coefficient (Wildman–Crippen LogP) is 11.6. The van der Waals surface area contributed by atoms with Gasteiger partial charge in [0.15, 0.2) is 23.0 Å². The van der Waals surface area contributed by atoms with Crippen molar-refractivity contribution < 1.29 is 105 Å². The number of carbonyl (C=O) groups is 9. The summed E-state index contributed by atoms with van der Waals surface area (Å²) in [5, 5.41) is 27.9. The number of carboxylic acids is 2. The van der Waals surface area contributed by atoms with Crippen molar-refractivity contribution in [3.05, 3.63) is 208 Å². The van der Waals surface area contributed by atoms with E-state index >= 15 is 0 Å². The largest absolute Gasteiger partial charge is 0.493 e. The van der Waals surface area contributed by atoms with Gasteiger partial charge in [0, 0.05) is 70.3 Å². The van der Waals surface area contributed by atoms with Crippen molar-refractivity contribution in [2.75, 3.05) is 108 Å². The molecule has 602 valence electrons. The number of H-pyrrole nitrogens is 2. The molecule has 116 heavy (non-hydrogen) atoms. The van der Waals surface area contributed by atoms with Crippen LogP contribution in [-0.2, 0) is 70.0 Å². The zero-order chi connectivity index (χ0) is 82.3. The van der Waals surface area contributed by atoms with E-state index < -0.39 is 29.8 Å². The van der Waals surface area contributed by atoms with Gasteiger partial charge >= 0.3 is 35.8 Å². The van der Waals surface area contributed by atoms with E-state index in [-0.39, 0.29) is 120 Å². The van der Waals surface area contributed by atoms with Crippen molar-refractivity contribution in [3.8, 4) is 73.3 Å². The minimum absolute atomic E-state index is 0.0101. The summed E-state index contributed by atoms with van der Waals surface area (Å²) in [6, 6.07) is 45.7. The maximum Gasteiger partial charge on any atom is 0.338 e. The zero-order valence-corrected chi connectivity index (χ0v) is 64.4. The molecule has 0 saturated heterocycles. The Morgan fingerprint density at radius 1 is 0.397 bits per heavy atom. The lowest BCUT2D eigenvalue weighted by Gasteiger charge is -2.10. The van der Waals surface area contributed by atoms with Crippen LogP contribution in [0.2, 0.25) is 0 Å². The molecule has 3 aromatic heterocycles. The first kappa shape index (κ1) is 84.7. The van der Waals surface area contributed by atoms with Gasteiger partial charge in [0.1, 0.15) is 32.2 Å². The van der Waals surface area contributed by atoms with Gasteiger partial charge in [0.2, 0.25) is 11.8 Å². The molecule has 2 amide bonds. The van der Waals surface area contributed by atoms with Crippen molar-refractivity contribution >= 4 is 100 Å². The number of hydrogen-bond donors (Lipinski definition) is 7. The molecule has 0 unspecified atom stereocenters. The maximum atomic E-state index is 13.4. The SMILES string of the molecule is CNCC(=O)OCCOCCOC(=O)CCC(=O)NCCc1ccc(OC)c(OC)c1.COc1ccc(CCNC(=O)CCC(=O)OCCOCCOC(=O)c2ccc(-c3c4nc(c(-c5ccc(C(=O)O)cc5)c5ccc([nH]5)c(-c5ccc(C(=O)O)cc5)c5nc(c(-c6ccc(OC=O)cc6)c6ccc3[nH]6)C=C5)C=C4)cc2)cc1OC. The summed E-state index contributed by atoms with van der Waals surface area (Å²) in [4.78, 5) is 126. The number of ether oxygens (including phenoxy) is 11. The normalized spacial score (nSPS) is 11.1. The Bertz CT molecular complexity index is 5230. The number of benzene rings is 6. The summed E-state index contributed by atoms with van der Waals surface area (Å²) >= 11 is 0. The lowest BCUT2D eigenvalue weighted by atomic mass is 10.0. The highest BCUT2D eigenvalue weighted by atomic mass is 16.6. The van der Waals surface area contributed by atoms with Gasteiger partial charge in [0.25, 0.3) is 6.47 Å². The Balaban J connectivity index is 0.000000386. The van der Waals surface area contributed by atoms with E-state index in [2.05, 4.69) is 25.9 Å². The van der Waals surface area contributed by atoms with Crippen molar-refractivity contribution in [2.45, 2.75) is 38.5 Å². The van der Waals surface area contributed by atoms with Crippen LogP contribution in [-0.4, -0.2) is 192 Å². The predicted molar refractivity (Wildman–Crippen MR) is 431 cm³/mol. The zero-order valence-electron chi connectivity index (χ0n) is 64.4. The second kappa shape index (κ2) is 42.8. The van der Waals surface area contributed by atoms with Gasteiger partial charge in [-0.25, -0.2) is 24.4 Å². The Labute approximate surface area is 666 Å². The lowest BCUT2D eigenvalue weighted by molar-refractivity contribution is -0.147. The van der Waals surface area contributed by atoms with Crippen LogP contribution < -0.4 is 39.6 Å². The number of likely N-dealkylation sites (N-methyl/N-ethyl adjacent to an activating group) is 1. The number of rotatable bonds is 39. The number of fused-ring (bicyclic) bond motifs is 8. The molecule has 0 saturated carbocycles. The third kappa shape index (κ3) is 23.7. The topological polar surface area (TPSA) is 389 Å². The fraction of sp³-hybridized carbons (Fsp3) is 0.253. The molecule has 29 heteroatoms. The highest BCUT2D eigenvalue weighted by Crippen LogP contribution is 2.40. The second-order valence-corrected chi connectivity index (χ2v) is 25.7. The van der Waals surface area contributed by atoms with Crippen LogP contribution in [0.25, 0.3) is 90.9 Å². The van der Waals surface area contributed by atoms with Crippen LogP contribution in [0.15, 0.2) is 158 Å². The van der Waals surface area contributed by atoms with E-state index in [1.807, 2.05) is 91.0 Å². The highest BCUT2D eigenvalue weighted by Gasteiger charge is 2.22. The van der Waals surface area contributed by atoms with Gasteiger partial charge in [-0.3, -0.25) is 28.8 Å². The number of aromatic carboxylic acids is 2. The minimum atomic E-state index is -1.08. The van der Waals surface area contributed by atoms with Crippen molar-refractivity contribution in [2.24, 2.45) is 0 Å². The Morgan fingerprint density at radius 3 is 1.09 bits per heavy atom. The number of amides is 2. The number of nitrogens with one attached hydrogen (secondary N) is 5. The number of nitrogens with zero attached hydrogens (tertiary/aromatic N) is 2. The molecule has 9 aromatic rings. The molecular formula is C87H87N7O22. The van der Waals surface area contributed by atoms with Crippen molar-refractivity contribution in [1.29, 1.82) is 0 Å². The van der Waals surface area contributed by atoms with Gasteiger partial charge in [-0.05, 0) is 175 Å². The fourth-order valence-corrected chi connectivity index (χ4v) is 12.3. The molecule has 0 aliphatic carbocycles. The van der Waals surface area contributed by atoms with Gasteiger partial charge in [-0.15, -0.1) is 0 Å². The molecule has 11 rings (SSSR count). The summed E-state index contributed by atoms with van der Waals surface area (Å²) < 4.78 is 57.5. The molecule has 8 bridgehead atoms. The van der Waals surface area contributed by atoms with E-state index in [0.717, 1.165) is 16.7 Å². The third-order valence-corrected chi connectivity index (χ3v) is 18.1. The molecule has 2 aliphatic rings. The fourth-order valence-electron chi connectivity index (χ4n) is 12.3. The van der Waals surface area contributed by atoms with Crippen LogP contribution in [0.3, 0.4) is 0 Å². The first-order chi connectivity index (χ1) is 56.4. The first-order valence-electron chi connectivity index (χ1n) is 36.9. The van der Waals surface area contributed by atoms with Crippen molar-refractivity contribution in [3.63, 3.8) is 0 Å². The summed E-state index contributed by atoms with van der Waals surface area (Å²) in [7, 11) is 7.90. The van der Waals surface area contributed by atoms with E-state index in [4.69, 9.17) is 62.1 Å². The molecule has 0 radical (unpaired) electrons. The number of carboxylic acid groups (broad SMARTS) is 2. The van der Waals surface area contributed by atoms with Crippen LogP contribution in [0.5, 0.6) is 28.7 Å². The van der Waals surface area contributed by atoms with Gasteiger partial charge in [-0.1, -0.05) is 60.7 Å². The van der Waals surface area contributed by atoms with E-state index in [1.54, 1.807) is 102 Å². The van der Waals surface area contributed by atoms with Crippen LogP contribution >= 0.6 is 0 Å². The highest BCUT2D eigenvalue weighted by molar-refractivity contribution is 6.01. The average Bonchev–Trinajstić information content (AvgIpc) is 1.61. The number of aromatic nitrogens is 4. The molecule has 6 aromatic carbocycles. The molecule has 0 atom stereocenters. The Hall–Kier alpha value is -13.8. The Kier molecular flexibility index (Phi) is 31.2. The van der Waals surface area contributed by atoms with Crippen LogP contribution in [0, 0.1) is 0 Å². The molecular weight excluding hydrogens is 1490 g/mol. The van der Waals surface area contributed by atoms with Crippen LogP contribution in [0.4, 0.5) is 0 Å². The number of aromatic amines is 2. The number of carbonyl (C=O) groups excluding carboxylic acids is 7. The standard InChI is InChI=1S/C66H55N5O14.C21H32N2O8/c1-80-56-28-3-39(37-57(56)81-2)31-32-67-58(73)29-30-59(74)83-35-33-82-34-36-84-66(79)46-14-8-42(9-15-46)62-52-23-22-50(69-52)60(40-4-10-44(11-5-40)64(75)76)48-20-21-49(68-48)61(41-6-12-45(13-7-41)65(77)78)51-24-26-54(70-51)63(55-27-25-53(62)71-55)43-16-18-47(19-17-43)85-38-72;1-22-15-21(26)31-13-11-29-10-12-30-20(25)7-6-19(24)23-9-8-16-4-5-17(27-2)18(14-16)28-3/h3-28,37-38,68,71H,29-36H2,1-2H3,(H,67,73)(H,75,76)(H,77,78);4-5,14,22H,6-13,15H2,1-3H3,(H,23,24). The summed E-state index contributed by atoms with van der Waals surface area (Å²) in [5.41, 5.74) is 12.8. The molecule has 0 fully saturated rings. The average molecular weight is 1580 g/mol. The summed E-state index contributed by atoms with van der Waals surface area (Å²) in [6.07, 6.45) is 8.63. The molecule has 7 N–H and O–H groups in total. The number of hydrogen-bond acceptors (Lipinski definition) is 23. The third-order valence-electron chi connectivity index (χ3n) is 18.1. The summed E-state index contributed by atoms with van der Waals surface area (Å²) in [5.74, 6) is -1.80. The van der Waals surface area contributed by atoms with Gasteiger partial charge < -0.3 is 88.2 Å². The summed E-state index contributed by atoms with van der Waals surface area (Å²) in [6.45, 7) is 1.89. The van der Waals surface area contributed by atoms with E-state index in [0.29, 0.717) is 145 Å². The number of esters is 4. The van der Waals surface area contributed by atoms with E-state index in [1.165, 1.54) is 24.3 Å². The lowest BCUT2D eigenvalue weighted by Crippen LogP contribution is -2.26. The maximum absolute atomic E-state index is 13.4. The van der Waals surface area contributed by atoms with Gasteiger partial charge in [-0.2, -0.15) is 0 Å². The second-order valence-electron chi connectivity index (χ2n) is 25.7. The molecule has 2 aliphatic heterocycles. The van der Waals surface area contributed by atoms with Crippen molar-refractivity contribution in [1.82, 2.24) is 35.9 Å². The first-order valence-corrected chi connectivity index (χ1v) is 36.9. The Morgan fingerprint density at radius 2 is 0.741 bits per heavy atom. The van der Waals surface area contributed by atoms with E-state index in [9.17, 15) is 53.4 Å². The minimum Gasteiger partial charge on any atom is -0.493 e. The molecule has 5 heterocycles. The smallest absolute Gasteiger partial charge is 0.338 e.